The third-order valence-electron chi connectivity index (χ3n) is 2.50. The highest BCUT2D eigenvalue weighted by Gasteiger charge is 2.19. The lowest BCUT2D eigenvalue weighted by Crippen LogP contribution is -2.28. The number of rotatable bonds is 4. The van der Waals surface area contributed by atoms with Crippen LogP contribution in [0.3, 0.4) is 0 Å². The van der Waals surface area contributed by atoms with Crippen LogP contribution in [0.4, 0.5) is 0 Å². The molecule has 0 radical (unpaired) electrons. The van der Waals surface area contributed by atoms with E-state index >= 15 is 0 Å². The maximum Gasteiger partial charge on any atom is 0.186 e. The monoisotopic (exact) mass is 210 g/mol. The summed E-state index contributed by atoms with van der Waals surface area (Å²) >= 11 is 0. The molecular formula is C11H18O2Si. The zero-order valence-corrected chi connectivity index (χ0v) is 10.1. The van der Waals surface area contributed by atoms with Crippen molar-refractivity contribution < 1.29 is 9.53 Å². The van der Waals surface area contributed by atoms with Crippen molar-refractivity contribution in [3.8, 4) is 5.75 Å². The Morgan fingerprint density at radius 2 is 1.79 bits per heavy atom. The van der Waals surface area contributed by atoms with E-state index in [4.69, 9.17) is 9.53 Å². The molecule has 1 N–H and O–H groups in total. The van der Waals surface area contributed by atoms with Crippen LogP contribution in [0.15, 0.2) is 24.3 Å². The first-order valence-corrected chi connectivity index (χ1v) is 7.98. The summed E-state index contributed by atoms with van der Waals surface area (Å²) in [6, 6.07) is 8.52. The van der Waals surface area contributed by atoms with Gasteiger partial charge in [-0.3, -0.25) is 0 Å². The van der Waals surface area contributed by atoms with Crippen LogP contribution in [0, 0.1) is 0 Å². The van der Waals surface area contributed by atoms with E-state index in [1.165, 1.54) is 5.56 Å². The summed E-state index contributed by atoms with van der Waals surface area (Å²) < 4.78 is 5.47. The maximum absolute atomic E-state index is 9.11. The fourth-order valence-corrected chi connectivity index (χ4v) is 2.30. The summed E-state index contributed by atoms with van der Waals surface area (Å²) in [5, 5.41) is 9.11. The van der Waals surface area contributed by atoms with Crippen LogP contribution in [0.25, 0.3) is 0 Å². The van der Waals surface area contributed by atoms with Crippen LogP contribution in [-0.2, 0) is 10.8 Å². The van der Waals surface area contributed by atoms with Gasteiger partial charge in [0, 0.05) is 7.11 Å². The third-order valence-corrected chi connectivity index (χ3v) is 5.06. The Kier molecular flexibility index (Phi) is 3.72. The van der Waals surface area contributed by atoms with Gasteiger partial charge >= 0.3 is 0 Å². The fraction of sp³-hybridized carbons (Fsp3) is 0.455. The predicted octanol–water partition coefficient (Wildman–Crippen LogP) is 2.79. The number of hydrogen-bond acceptors (Lipinski definition) is 2. The molecule has 14 heavy (non-hydrogen) atoms. The van der Waals surface area contributed by atoms with Gasteiger partial charge < -0.3 is 9.53 Å². The van der Waals surface area contributed by atoms with E-state index in [1.807, 2.05) is 12.1 Å². The zero-order chi connectivity index (χ0) is 10.6. The van der Waals surface area contributed by atoms with Crippen molar-refractivity contribution >= 4 is 8.32 Å². The average Bonchev–Trinajstić information content (AvgIpc) is 2.17. The number of phenols is 1. The molecule has 0 aliphatic heterocycles. The Hall–Kier alpha value is -0.803. The maximum atomic E-state index is 9.11. The number of benzene rings is 1. The topological polar surface area (TPSA) is 29.5 Å². The van der Waals surface area contributed by atoms with Crippen LogP contribution >= 0.6 is 0 Å². The highest BCUT2D eigenvalue weighted by molar-refractivity contribution is 6.71. The molecule has 0 unspecified atom stereocenters. The number of aryl methyl sites for hydroxylation is 1. The van der Waals surface area contributed by atoms with Crippen molar-refractivity contribution in [2.75, 3.05) is 7.11 Å². The average molecular weight is 210 g/mol. The largest absolute Gasteiger partial charge is 0.508 e. The minimum Gasteiger partial charge on any atom is -0.508 e. The van der Waals surface area contributed by atoms with Gasteiger partial charge in [-0.1, -0.05) is 12.1 Å². The SMILES string of the molecule is CO[Si](C)(C)CCc1ccc(O)cc1. The Bertz CT molecular complexity index is 280. The Morgan fingerprint density at radius 1 is 1.21 bits per heavy atom. The quantitative estimate of drug-likeness (QED) is 0.774. The van der Waals surface area contributed by atoms with Crippen molar-refractivity contribution in [1.29, 1.82) is 0 Å². The van der Waals surface area contributed by atoms with Gasteiger partial charge in [0.1, 0.15) is 5.75 Å². The molecule has 3 heteroatoms. The lowest BCUT2D eigenvalue weighted by atomic mass is 10.2. The highest BCUT2D eigenvalue weighted by atomic mass is 28.4. The van der Waals surface area contributed by atoms with Gasteiger partial charge in [-0.25, -0.2) is 0 Å². The summed E-state index contributed by atoms with van der Waals surface area (Å²) in [6.45, 7) is 4.43. The number of phenolic OH excluding ortho intramolecular Hbond substituents is 1. The standard InChI is InChI=1S/C11H18O2Si/c1-13-14(2,3)9-8-10-4-6-11(12)7-5-10/h4-7,12H,8-9H2,1-3H3. The second kappa shape index (κ2) is 4.62. The molecule has 0 aliphatic carbocycles. The molecule has 0 spiro atoms. The molecule has 0 aliphatic rings. The Labute approximate surface area is 86.7 Å². The van der Waals surface area contributed by atoms with Gasteiger partial charge in [-0.2, -0.15) is 0 Å². The van der Waals surface area contributed by atoms with Crippen LogP contribution < -0.4 is 0 Å². The lowest BCUT2D eigenvalue weighted by Gasteiger charge is -2.19. The van der Waals surface area contributed by atoms with E-state index in [1.54, 1.807) is 19.2 Å². The number of hydrogen-bond donors (Lipinski definition) is 1. The van der Waals surface area contributed by atoms with E-state index in [0.717, 1.165) is 12.5 Å². The fourth-order valence-electron chi connectivity index (χ4n) is 1.21. The van der Waals surface area contributed by atoms with E-state index < -0.39 is 8.32 Å². The molecule has 0 aromatic heterocycles. The van der Waals surface area contributed by atoms with Crippen LogP contribution in [0.5, 0.6) is 5.75 Å². The van der Waals surface area contributed by atoms with Crippen LogP contribution in [-0.4, -0.2) is 20.5 Å². The van der Waals surface area contributed by atoms with E-state index in [2.05, 4.69) is 13.1 Å². The summed E-state index contributed by atoms with van der Waals surface area (Å²) in [5.41, 5.74) is 1.26. The third kappa shape index (κ3) is 3.52. The molecule has 0 saturated heterocycles. The van der Waals surface area contributed by atoms with Crippen molar-refractivity contribution in [2.24, 2.45) is 0 Å². The lowest BCUT2D eigenvalue weighted by molar-refractivity contribution is 0.403. The van der Waals surface area contributed by atoms with Crippen LogP contribution in [0.2, 0.25) is 19.1 Å². The summed E-state index contributed by atoms with van der Waals surface area (Å²) in [5.74, 6) is 0.331. The van der Waals surface area contributed by atoms with Gasteiger partial charge in [-0.15, -0.1) is 0 Å². The normalized spacial score (nSPS) is 11.6. The van der Waals surface area contributed by atoms with E-state index in [-0.39, 0.29) is 0 Å². The Balaban J connectivity index is 2.50. The smallest absolute Gasteiger partial charge is 0.186 e. The molecule has 1 rings (SSSR count). The first kappa shape index (κ1) is 11.3. The minimum atomic E-state index is -1.44. The molecule has 1 aromatic carbocycles. The molecule has 1 aromatic rings. The first-order valence-electron chi connectivity index (χ1n) is 4.86. The zero-order valence-electron chi connectivity index (χ0n) is 9.08. The molecular weight excluding hydrogens is 192 g/mol. The molecule has 0 saturated carbocycles. The van der Waals surface area contributed by atoms with E-state index in [9.17, 15) is 0 Å². The molecule has 0 atom stereocenters. The van der Waals surface area contributed by atoms with Crippen molar-refractivity contribution in [3.63, 3.8) is 0 Å². The second-order valence-electron chi connectivity index (χ2n) is 4.13. The van der Waals surface area contributed by atoms with Gasteiger partial charge in [0.25, 0.3) is 0 Å². The van der Waals surface area contributed by atoms with Crippen molar-refractivity contribution in [3.05, 3.63) is 29.8 Å². The van der Waals surface area contributed by atoms with Gasteiger partial charge in [0.05, 0.1) is 0 Å². The second-order valence-corrected chi connectivity index (χ2v) is 8.56. The summed E-state index contributed by atoms with van der Waals surface area (Å²) in [6.07, 6.45) is 1.04. The molecule has 0 amide bonds. The van der Waals surface area contributed by atoms with E-state index in [0.29, 0.717) is 5.75 Å². The molecule has 0 fully saturated rings. The number of aromatic hydroxyl groups is 1. The molecule has 2 nitrogen and oxygen atoms in total. The van der Waals surface area contributed by atoms with Crippen molar-refractivity contribution in [2.45, 2.75) is 25.6 Å². The van der Waals surface area contributed by atoms with Crippen molar-refractivity contribution in [1.82, 2.24) is 0 Å². The summed E-state index contributed by atoms with van der Waals surface area (Å²) in [4.78, 5) is 0. The van der Waals surface area contributed by atoms with Gasteiger partial charge in [0.15, 0.2) is 8.32 Å². The van der Waals surface area contributed by atoms with Gasteiger partial charge in [-0.05, 0) is 43.3 Å². The minimum absolute atomic E-state index is 0.331. The molecule has 0 bridgehead atoms. The molecule has 0 heterocycles. The summed E-state index contributed by atoms with van der Waals surface area (Å²) in [7, 11) is 0.359. The van der Waals surface area contributed by atoms with Crippen LogP contribution in [0.1, 0.15) is 5.56 Å². The highest BCUT2D eigenvalue weighted by Crippen LogP contribution is 2.16. The Morgan fingerprint density at radius 3 is 2.29 bits per heavy atom. The first-order chi connectivity index (χ1) is 6.53. The predicted molar refractivity (Wildman–Crippen MR) is 61.1 cm³/mol. The molecule has 78 valence electrons. The van der Waals surface area contributed by atoms with Gasteiger partial charge in [0.2, 0.25) is 0 Å².